The zero-order valence-corrected chi connectivity index (χ0v) is 11.7. The van der Waals surface area contributed by atoms with Crippen molar-refractivity contribution in [3.05, 3.63) is 11.6 Å². The molecule has 118 valence electrons. The van der Waals surface area contributed by atoms with Crippen molar-refractivity contribution in [2.24, 2.45) is 0 Å². The molecular weight excluding hydrogens is 285 g/mol. The van der Waals surface area contributed by atoms with Gasteiger partial charge in [0.2, 0.25) is 11.8 Å². The molecule has 1 aliphatic carbocycles. The van der Waals surface area contributed by atoms with Crippen LogP contribution in [-0.4, -0.2) is 42.0 Å². The lowest BCUT2D eigenvalue weighted by molar-refractivity contribution is -0.157. The van der Waals surface area contributed by atoms with E-state index in [9.17, 15) is 22.8 Å². The number of alkyl halides is 3. The fraction of sp³-hybridized carbons (Fsp3) is 0.714. The number of carbonyl (C=O) groups excluding carboxylic acids is 2. The van der Waals surface area contributed by atoms with Gasteiger partial charge in [-0.1, -0.05) is 11.6 Å². The zero-order valence-electron chi connectivity index (χ0n) is 11.7. The predicted molar refractivity (Wildman–Crippen MR) is 70.4 cm³/mol. The summed E-state index contributed by atoms with van der Waals surface area (Å²) >= 11 is 0. The van der Waals surface area contributed by atoms with Crippen LogP contribution in [-0.2, 0) is 9.59 Å². The minimum absolute atomic E-state index is 0.0547. The van der Waals surface area contributed by atoms with Crippen LogP contribution in [0, 0.1) is 0 Å². The predicted octanol–water partition coefficient (Wildman–Crippen LogP) is 2.16. The van der Waals surface area contributed by atoms with Crippen molar-refractivity contribution < 1.29 is 22.8 Å². The second kappa shape index (κ2) is 6.49. The lowest BCUT2D eigenvalue weighted by atomic mass is 9.97. The van der Waals surface area contributed by atoms with Gasteiger partial charge in [0, 0.05) is 19.4 Å². The monoisotopic (exact) mass is 304 g/mol. The minimum atomic E-state index is -4.40. The molecule has 0 bridgehead atoms. The van der Waals surface area contributed by atoms with Crippen LogP contribution in [0.4, 0.5) is 13.2 Å². The second-order valence-corrected chi connectivity index (χ2v) is 5.64. The first-order chi connectivity index (χ1) is 9.83. The van der Waals surface area contributed by atoms with Gasteiger partial charge in [0.15, 0.2) is 0 Å². The van der Waals surface area contributed by atoms with E-state index >= 15 is 0 Å². The number of likely N-dealkylation sites (tertiary alicyclic amines) is 1. The summed E-state index contributed by atoms with van der Waals surface area (Å²) in [6.45, 7) is -1.31. The summed E-state index contributed by atoms with van der Waals surface area (Å²) in [6.07, 6.45) is 1.96. The zero-order chi connectivity index (χ0) is 15.5. The van der Waals surface area contributed by atoms with Gasteiger partial charge in [-0.3, -0.25) is 9.59 Å². The highest BCUT2D eigenvalue weighted by atomic mass is 19.4. The summed E-state index contributed by atoms with van der Waals surface area (Å²) in [5, 5.41) is 2.66. The minimum Gasteiger partial charge on any atom is -0.351 e. The van der Waals surface area contributed by atoms with Crippen molar-refractivity contribution >= 4 is 11.8 Å². The number of allylic oxidation sites excluding steroid dienone is 1. The maximum absolute atomic E-state index is 12.3. The molecule has 7 heteroatoms. The van der Waals surface area contributed by atoms with Gasteiger partial charge >= 0.3 is 6.18 Å². The Morgan fingerprint density at radius 1 is 1.38 bits per heavy atom. The van der Waals surface area contributed by atoms with Gasteiger partial charge < -0.3 is 10.2 Å². The molecule has 1 atom stereocenters. The van der Waals surface area contributed by atoms with Crippen LogP contribution >= 0.6 is 0 Å². The normalized spacial score (nSPS) is 23.2. The Morgan fingerprint density at radius 3 is 2.76 bits per heavy atom. The molecular formula is C14H19F3N2O2. The van der Waals surface area contributed by atoms with Crippen LogP contribution < -0.4 is 5.32 Å². The number of hydrogen-bond acceptors (Lipinski definition) is 2. The van der Waals surface area contributed by atoms with Crippen LogP contribution in [0.5, 0.6) is 0 Å². The van der Waals surface area contributed by atoms with E-state index < -0.39 is 24.7 Å². The van der Waals surface area contributed by atoms with Crippen LogP contribution in [0.3, 0.4) is 0 Å². The molecule has 21 heavy (non-hydrogen) atoms. The molecule has 0 radical (unpaired) electrons. The van der Waals surface area contributed by atoms with Gasteiger partial charge in [0.25, 0.3) is 0 Å². The number of nitrogens with one attached hydrogen (secondary N) is 1. The highest BCUT2D eigenvalue weighted by molar-refractivity contribution is 5.83. The number of hydrogen-bond donors (Lipinski definition) is 1. The van der Waals surface area contributed by atoms with Gasteiger partial charge in [-0.05, 0) is 25.7 Å². The van der Waals surface area contributed by atoms with Crippen LogP contribution in [0.1, 0.15) is 38.5 Å². The molecule has 0 spiro atoms. The van der Waals surface area contributed by atoms with E-state index in [1.165, 1.54) is 0 Å². The maximum Gasteiger partial charge on any atom is 0.406 e. The Kier molecular flexibility index (Phi) is 4.90. The lowest BCUT2D eigenvalue weighted by Crippen LogP contribution is -2.39. The van der Waals surface area contributed by atoms with Crippen molar-refractivity contribution in [3.63, 3.8) is 0 Å². The van der Waals surface area contributed by atoms with E-state index in [-0.39, 0.29) is 25.3 Å². The number of rotatable bonds is 4. The van der Waals surface area contributed by atoms with Crippen LogP contribution in [0.15, 0.2) is 11.6 Å². The fourth-order valence-corrected chi connectivity index (χ4v) is 2.79. The third-order valence-corrected chi connectivity index (χ3v) is 3.72. The molecule has 1 unspecified atom stereocenters. The Labute approximate surface area is 121 Å². The quantitative estimate of drug-likeness (QED) is 0.809. The highest BCUT2D eigenvalue weighted by Gasteiger charge is 2.38. The number of nitrogens with zero attached hydrogens (tertiary/aromatic N) is 1. The highest BCUT2D eigenvalue weighted by Crippen LogP contribution is 2.22. The number of carbonyl (C=O) groups is 2. The molecule has 0 saturated carbocycles. The van der Waals surface area contributed by atoms with E-state index in [1.807, 2.05) is 0 Å². The Morgan fingerprint density at radius 2 is 2.14 bits per heavy atom. The Bertz CT molecular complexity index is 446. The van der Waals surface area contributed by atoms with E-state index in [2.05, 4.69) is 11.4 Å². The van der Waals surface area contributed by atoms with Crippen molar-refractivity contribution in [1.82, 2.24) is 10.2 Å². The fourth-order valence-electron chi connectivity index (χ4n) is 2.79. The van der Waals surface area contributed by atoms with Gasteiger partial charge in [-0.15, -0.1) is 0 Å². The molecule has 2 amide bonds. The molecule has 1 fully saturated rings. The summed E-state index contributed by atoms with van der Waals surface area (Å²) in [5.74, 6) is -0.774. The third kappa shape index (κ3) is 5.06. The molecule has 1 aliphatic heterocycles. The largest absolute Gasteiger partial charge is 0.406 e. The molecule has 1 saturated heterocycles. The summed E-state index contributed by atoms with van der Waals surface area (Å²) in [7, 11) is 0. The van der Waals surface area contributed by atoms with Crippen molar-refractivity contribution in [1.29, 1.82) is 0 Å². The standard InChI is InChI=1S/C14H19F3N2O2/c15-14(16,17)9-19-8-11(7-13(19)21)18-12(20)6-10-4-2-1-3-5-10/h4,11H,1-3,5-9H2,(H,18,20). The average molecular weight is 304 g/mol. The first kappa shape index (κ1) is 15.9. The molecule has 0 aromatic heterocycles. The van der Waals surface area contributed by atoms with E-state index in [0.717, 1.165) is 36.2 Å². The molecule has 4 nitrogen and oxygen atoms in total. The molecule has 0 aromatic carbocycles. The first-order valence-electron chi connectivity index (χ1n) is 7.15. The summed E-state index contributed by atoms with van der Waals surface area (Å²) in [4.78, 5) is 24.1. The van der Waals surface area contributed by atoms with Crippen LogP contribution in [0.2, 0.25) is 0 Å². The number of amides is 2. The van der Waals surface area contributed by atoms with E-state index in [1.54, 1.807) is 0 Å². The van der Waals surface area contributed by atoms with Crippen molar-refractivity contribution in [3.8, 4) is 0 Å². The second-order valence-electron chi connectivity index (χ2n) is 5.64. The summed E-state index contributed by atoms with van der Waals surface area (Å²) in [6, 6.07) is -0.517. The number of halogens is 3. The van der Waals surface area contributed by atoms with Gasteiger partial charge in [0.05, 0.1) is 6.04 Å². The Hall–Kier alpha value is -1.53. The lowest BCUT2D eigenvalue weighted by Gasteiger charge is -2.19. The van der Waals surface area contributed by atoms with E-state index in [0.29, 0.717) is 0 Å². The third-order valence-electron chi connectivity index (χ3n) is 3.72. The average Bonchev–Trinajstić information content (AvgIpc) is 2.68. The van der Waals surface area contributed by atoms with Crippen molar-refractivity contribution in [2.45, 2.75) is 50.7 Å². The summed E-state index contributed by atoms with van der Waals surface area (Å²) < 4.78 is 36.9. The maximum atomic E-state index is 12.3. The molecule has 1 heterocycles. The smallest absolute Gasteiger partial charge is 0.351 e. The molecule has 2 aliphatic rings. The first-order valence-corrected chi connectivity index (χ1v) is 7.15. The molecule has 0 aromatic rings. The molecule has 2 rings (SSSR count). The van der Waals surface area contributed by atoms with Crippen molar-refractivity contribution in [2.75, 3.05) is 13.1 Å². The van der Waals surface area contributed by atoms with Crippen LogP contribution in [0.25, 0.3) is 0 Å². The van der Waals surface area contributed by atoms with Gasteiger partial charge in [-0.2, -0.15) is 13.2 Å². The molecule has 1 N–H and O–H groups in total. The van der Waals surface area contributed by atoms with Gasteiger partial charge in [-0.25, -0.2) is 0 Å². The SMILES string of the molecule is O=C(CC1=CCCCC1)NC1CC(=O)N(CC(F)(F)F)C1. The Balaban J connectivity index is 1.80. The topological polar surface area (TPSA) is 49.4 Å². The van der Waals surface area contributed by atoms with E-state index in [4.69, 9.17) is 0 Å². The summed E-state index contributed by atoms with van der Waals surface area (Å²) in [5.41, 5.74) is 1.08. The van der Waals surface area contributed by atoms with Gasteiger partial charge in [0.1, 0.15) is 6.54 Å².